The molecule has 0 saturated heterocycles. The van der Waals surface area contributed by atoms with Crippen LogP contribution in [0.2, 0.25) is 5.28 Å². The van der Waals surface area contributed by atoms with Crippen molar-refractivity contribution in [1.29, 1.82) is 0 Å². The van der Waals surface area contributed by atoms with E-state index in [1.165, 1.54) is 4.68 Å². The molecule has 0 aliphatic carbocycles. The lowest BCUT2D eigenvalue weighted by Gasteiger charge is -2.10. The molecule has 0 atom stereocenters. The van der Waals surface area contributed by atoms with Gasteiger partial charge in [0.05, 0.1) is 13.2 Å². The van der Waals surface area contributed by atoms with Crippen LogP contribution in [-0.4, -0.2) is 70.0 Å². The Morgan fingerprint density at radius 3 is 2.86 bits per heavy atom. The van der Waals surface area contributed by atoms with Crippen LogP contribution in [0, 0.1) is 0 Å². The lowest BCUT2D eigenvalue weighted by molar-refractivity contribution is 0.126. The predicted molar refractivity (Wildman–Crippen MR) is 79.8 cm³/mol. The van der Waals surface area contributed by atoms with Crippen LogP contribution in [0.1, 0.15) is 0 Å². The molecule has 9 heteroatoms. The zero-order chi connectivity index (χ0) is 15.1. The van der Waals surface area contributed by atoms with Gasteiger partial charge in [-0.25, -0.2) is 4.68 Å². The van der Waals surface area contributed by atoms with E-state index in [-0.39, 0.29) is 5.28 Å². The summed E-state index contributed by atoms with van der Waals surface area (Å²) < 4.78 is 6.99. The van der Waals surface area contributed by atoms with Gasteiger partial charge in [0.15, 0.2) is 0 Å². The Morgan fingerprint density at radius 2 is 2.14 bits per heavy atom. The first-order valence-electron chi connectivity index (χ1n) is 6.53. The number of hydrogen-bond acceptors (Lipinski definition) is 7. The molecule has 0 unspecified atom stereocenters. The fraction of sp³-hybridized carbons (Fsp3) is 0.500. The average molecular weight is 312 g/mol. The number of anilines is 1. The molecule has 21 heavy (non-hydrogen) atoms. The van der Waals surface area contributed by atoms with Gasteiger partial charge < -0.3 is 15.0 Å². The molecule has 0 saturated carbocycles. The van der Waals surface area contributed by atoms with E-state index in [4.69, 9.17) is 16.3 Å². The number of likely N-dealkylation sites (N-methyl/N-ethyl adjacent to an activating group) is 1. The van der Waals surface area contributed by atoms with Gasteiger partial charge >= 0.3 is 0 Å². The molecule has 0 aromatic carbocycles. The normalized spacial score (nSPS) is 11.0. The topological polar surface area (TPSA) is 81.0 Å². The maximum Gasteiger partial charge on any atom is 0.256 e. The number of rotatable bonds is 8. The molecule has 2 aromatic heterocycles. The highest BCUT2D eigenvalue weighted by molar-refractivity contribution is 6.28. The van der Waals surface area contributed by atoms with E-state index < -0.39 is 0 Å². The van der Waals surface area contributed by atoms with Crippen LogP contribution in [-0.2, 0) is 4.74 Å². The summed E-state index contributed by atoms with van der Waals surface area (Å²) in [4.78, 5) is 14.3. The summed E-state index contributed by atoms with van der Waals surface area (Å²) >= 11 is 5.88. The van der Waals surface area contributed by atoms with Crippen molar-refractivity contribution in [1.82, 2.24) is 29.6 Å². The Kier molecular flexibility index (Phi) is 5.85. The first-order chi connectivity index (χ1) is 10.1. The first kappa shape index (κ1) is 15.6. The SMILES string of the molecule is CN(C)CCOCCNc1nc(Cl)nc(-n2cccn2)n1. The molecular weight excluding hydrogens is 294 g/mol. The molecule has 0 aliphatic heterocycles. The van der Waals surface area contributed by atoms with Crippen molar-refractivity contribution >= 4 is 17.5 Å². The van der Waals surface area contributed by atoms with Crippen molar-refractivity contribution in [3.8, 4) is 5.95 Å². The monoisotopic (exact) mass is 311 g/mol. The Morgan fingerprint density at radius 1 is 1.29 bits per heavy atom. The van der Waals surface area contributed by atoms with E-state index in [9.17, 15) is 0 Å². The van der Waals surface area contributed by atoms with Crippen LogP contribution in [0.15, 0.2) is 18.5 Å². The van der Waals surface area contributed by atoms with E-state index in [2.05, 4.69) is 30.3 Å². The van der Waals surface area contributed by atoms with Gasteiger partial charge in [-0.3, -0.25) is 0 Å². The number of hydrogen-bond donors (Lipinski definition) is 1. The first-order valence-corrected chi connectivity index (χ1v) is 6.91. The molecule has 0 spiro atoms. The second kappa shape index (κ2) is 7.87. The predicted octanol–water partition coefficient (Wildman–Crippen LogP) is 0.701. The Bertz CT molecular complexity index is 547. The van der Waals surface area contributed by atoms with E-state index in [1.54, 1.807) is 18.5 Å². The van der Waals surface area contributed by atoms with Crippen LogP contribution in [0.25, 0.3) is 5.95 Å². The van der Waals surface area contributed by atoms with Crippen molar-refractivity contribution in [2.24, 2.45) is 0 Å². The fourth-order valence-corrected chi connectivity index (χ4v) is 1.65. The third kappa shape index (κ3) is 5.25. The zero-order valence-corrected chi connectivity index (χ0v) is 12.8. The molecule has 0 fully saturated rings. The molecule has 2 heterocycles. The molecule has 2 rings (SSSR count). The van der Waals surface area contributed by atoms with Crippen molar-refractivity contribution in [3.63, 3.8) is 0 Å². The molecule has 0 radical (unpaired) electrons. The van der Waals surface area contributed by atoms with Gasteiger partial charge in [-0.2, -0.15) is 20.1 Å². The molecular formula is C12H18ClN7O. The maximum atomic E-state index is 5.88. The average Bonchev–Trinajstić information content (AvgIpc) is 2.96. The van der Waals surface area contributed by atoms with E-state index in [0.29, 0.717) is 31.7 Å². The van der Waals surface area contributed by atoms with Crippen LogP contribution in [0.4, 0.5) is 5.95 Å². The quantitative estimate of drug-likeness (QED) is 0.719. The van der Waals surface area contributed by atoms with Crippen LogP contribution in [0.3, 0.4) is 0 Å². The van der Waals surface area contributed by atoms with Gasteiger partial charge in [-0.05, 0) is 31.8 Å². The van der Waals surface area contributed by atoms with E-state index in [0.717, 1.165) is 6.54 Å². The number of nitrogens with zero attached hydrogens (tertiary/aromatic N) is 6. The lowest BCUT2D eigenvalue weighted by Crippen LogP contribution is -2.20. The molecule has 1 N–H and O–H groups in total. The van der Waals surface area contributed by atoms with E-state index >= 15 is 0 Å². The minimum atomic E-state index is 0.117. The summed E-state index contributed by atoms with van der Waals surface area (Å²) in [6.45, 7) is 2.73. The van der Waals surface area contributed by atoms with Gasteiger partial charge in [0.25, 0.3) is 5.95 Å². The second-order valence-electron chi connectivity index (χ2n) is 4.52. The summed E-state index contributed by atoms with van der Waals surface area (Å²) in [6, 6.07) is 1.78. The third-order valence-corrected chi connectivity index (χ3v) is 2.69. The van der Waals surface area contributed by atoms with Crippen molar-refractivity contribution < 1.29 is 4.74 Å². The van der Waals surface area contributed by atoms with Gasteiger partial charge in [-0.1, -0.05) is 0 Å². The standard InChI is InChI=1S/C12H18ClN7O/c1-19(2)7-9-21-8-5-14-11-16-10(13)17-12(18-11)20-6-3-4-15-20/h3-4,6H,5,7-9H2,1-2H3,(H,14,16,17,18). The smallest absolute Gasteiger partial charge is 0.256 e. The summed E-state index contributed by atoms with van der Waals surface area (Å²) in [6.07, 6.45) is 3.38. The highest BCUT2D eigenvalue weighted by Gasteiger charge is 2.06. The zero-order valence-electron chi connectivity index (χ0n) is 12.0. The highest BCUT2D eigenvalue weighted by atomic mass is 35.5. The number of ether oxygens (including phenoxy) is 1. The summed E-state index contributed by atoms with van der Waals surface area (Å²) in [5.41, 5.74) is 0. The minimum Gasteiger partial charge on any atom is -0.378 e. The largest absolute Gasteiger partial charge is 0.378 e. The Labute approximate surface area is 128 Å². The number of aromatic nitrogens is 5. The second-order valence-corrected chi connectivity index (χ2v) is 4.86. The number of halogens is 1. The van der Waals surface area contributed by atoms with Crippen LogP contribution in [0.5, 0.6) is 0 Å². The lowest BCUT2D eigenvalue weighted by atomic mass is 10.6. The van der Waals surface area contributed by atoms with Crippen molar-refractivity contribution in [3.05, 3.63) is 23.7 Å². The summed E-state index contributed by atoms with van der Waals surface area (Å²) in [7, 11) is 4.01. The molecule has 0 amide bonds. The summed E-state index contributed by atoms with van der Waals surface area (Å²) in [5, 5.41) is 7.22. The molecule has 8 nitrogen and oxygen atoms in total. The molecule has 114 valence electrons. The number of nitrogens with one attached hydrogen (secondary N) is 1. The summed E-state index contributed by atoms with van der Waals surface area (Å²) in [5.74, 6) is 0.771. The van der Waals surface area contributed by atoms with E-state index in [1.807, 2.05) is 14.1 Å². The minimum absolute atomic E-state index is 0.117. The third-order valence-electron chi connectivity index (χ3n) is 2.52. The van der Waals surface area contributed by atoms with Crippen molar-refractivity contribution in [2.45, 2.75) is 0 Å². The van der Waals surface area contributed by atoms with Gasteiger partial charge in [0.2, 0.25) is 11.2 Å². The van der Waals surface area contributed by atoms with Crippen LogP contribution < -0.4 is 5.32 Å². The van der Waals surface area contributed by atoms with Gasteiger partial charge in [-0.15, -0.1) is 0 Å². The molecule has 0 aliphatic rings. The maximum absolute atomic E-state index is 5.88. The highest BCUT2D eigenvalue weighted by Crippen LogP contribution is 2.08. The molecule has 2 aromatic rings. The Balaban J connectivity index is 1.83. The Hall–Kier alpha value is -1.77. The van der Waals surface area contributed by atoms with Crippen LogP contribution >= 0.6 is 11.6 Å². The van der Waals surface area contributed by atoms with Gasteiger partial charge in [0.1, 0.15) is 0 Å². The molecule has 0 bridgehead atoms. The van der Waals surface area contributed by atoms with Gasteiger partial charge in [0, 0.05) is 25.5 Å². The fourth-order valence-electron chi connectivity index (χ4n) is 1.49. The van der Waals surface area contributed by atoms with Crippen molar-refractivity contribution in [2.75, 3.05) is 45.7 Å².